The summed E-state index contributed by atoms with van der Waals surface area (Å²) < 4.78 is 0. The molecule has 0 aliphatic heterocycles. The van der Waals surface area contributed by atoms with E-state index in [9.17, 15) is 0 Å². The molecule has 0 spiro atoms. The number of anilines is 2. The van der Waals surface area contributed by atoms with Crippen LogP contribution in [0.25, 0.3) is 10.9 Å². The van der Waals surface area contributed by atoms with Crippen molar-refractivity contribution in [2.75, 3.05) is 5.32 Å². The van der Waals surface area contributed by atoms with Gasteiger partial charge in [-0.1, -0.05) is 23.7 Å². The number of rotatable bonds is 2. The van der Waals surface area contributed by atoms with E-state index in [-0.39, 0.29) is 0 Å². The lowest BCUT2D eigenvalue weighted by molar-refractivity contribution is 1.33. The third-order valence-electron chi connectivity index (χ3n) is 3.58. The Morgan fingerprint density at radius 1 is 1.00 bits per heavy atom. The Labute approximate surface area is 123 Å². The van der Waals surface area contributed by atoms with Gasteiger partial charge in [-0.15, -0.1) is 0 Å². The molecule has 0 fully saturated rings. The molecule has 0 unspecified atom stereocenters. The SMILES string of the molecule is Cc1cccc(Nc2ccnc3cc(Cl)ccc23)c1C. The fraction of sp³-hybridized carbons (Fsp3) is 0.118. The van der Waals surface area contributed by atoms with E-state index in [1.807, 2.05) is 24.3 Å². The number of nitrogens with zero attached hydrogens (tertiary/aromatic N) is 1. The van der Waals surface area contributed by atoms with Crippen molar-refractivity contribution in [3.63, 3.8) is 0 Å². The maximum atomic E-state index is 6.02. The maximum Gasteiger partial charge on any atom is 0.0737 e. The molecular weight excluding hydrogens is 268 g/mol. The summed E-state index contributed by atoms with van der Waals surface area (Å²) in [5.41, 5.74) is 5.59. The van der Waals surface area contributed by atoms with Crippen molar-refractivity contribution >= 4 is 33.9 Å². The van der Waals surface area contributed by atoms with E-state index in [4.69, 9.17) is 11.6 Å². The molecule has 0 radical (unpaired) electrons. The molecular formula is C17H15ClN2. The predicted octanol–water partition coefficient (Wildman–Crippen LogP) is 5.25. The number of aromatic nitrogens is 1. The minimum atomic E-state index is 0.703. The van der Waals surface area contributed by atoms with Gasteiger partial charge in [0.1, 0.15) is 0 Å². The van der Waals surface area contributed by atoms with Gasteiger partial charge in [0.2, 0.25) is 0 Å². The van der Waals surface area contributed by atoms with Crippen molar-refractivity contribution in [2.24, 2.45) is 0 Å². The largest absolute Gasteiger partial charge is 0.355 e. The molecule has 2 aromatic carbocycles. The number of hydrogen-bond acceptors (Lipinski definition) is 2. The Morgan fingerprint density at radius 2 is 1.85 bits per heavy atom. The van der Waals surface area contributed by atoms with Crippen LogP contribution in [-0.2, 0) is 0 Å². The normalized spacial score (nSPS) is 10.8. The van der Waals surface area contributed by atoms with E-state index >= 15 is 0 Å². The third-order valence-corrected chi connectivity index (χ3v) is 3.81. The summed E-state index contributed by atoms with van der Waals surface area (Å²) >= 11 is 6.02. The quantitative estimate of drug-likeness (QED) is 0.694. The lowest BCUT2D eigenvalue weighted by Gasteiger charge is -2.13. The fourth-order valence-corrected chi connectivity index (χ4v) is 2.43. The van der Waals surface area contributed by atoms with Crippen LogP contribution in [0.1, 0.15) is 11.1 Å². The molecule has 3 rings (SSSR count). The van der Waals surface area contributed by atoms with Crippen LogP contribution in [0.2, 0.25) is 5.02 Å². The highest BCUT2D eigenvalue weighted by Crippen LogP contribution is 2.29. The van der Waals surface area contributed by atoms with Gasteiger partial charge in [0, 0.05) is 28.0 Å². The number of hydrogen-bond donors (Lipinski definition) is 1. The van der Waals surface area contributed by atoms with Crippen molar-refractivity contribution in [2.45, 2.75) is 13.8 Å². The Bertz CT molecular complexity index is 781. The van der Waals surface area contributed by atoms with Gasteiger partial charge in [0.25, 0.3) is 0 Å². The smallest absolute Gasteiger partial charge is 0.0737 e. The summed E-state index contributed by atoms with van der Waals surface area (Å²) in [5.74, 6) is 0. The molecule has 1 heterocycles. The van der Waals surface area contributed by atoms with Crippen LogP contribution in [0.3, 0.4) is 0 Å². The summed E-state index contributed by atoms with van der Waals surface area (Å²) in [6.07, 6.45) is 1.80. The Kier molecular flexibility index (Phi) is 3.33. The monoisotopic (exact) mass is 282 g/mol. The molecule has 1 aromatic heterocycles. The van der Waals surface area contributed by atoms with Crippen LogP contribution < -0.4 is 5.32 Å². The Morgan fingerprint density at radius 3 is 2.70 bits per heavy atom. The second-order valence-corrected chi connectivity index (χ2v) is 5.33. The summed E-state index contributed by atoms with van der Waals surface area (Å²) in [4.78, 5) is 4.36. The van der Waals surface area contributed by atoms with E-state index < -0.39 is 0 Å². The molecule has 0 bridgehead atoms. The molecule has 0 atom stereocenters. The second-order valence-electron chi connectivity index (χ2n) is 4.89. The maximum absolute atomic E-state index is 6.02. The first-order chi connectivity index (χ1) is 9.65. The molecule has 100 valence electrons. The van der Waals surface area contributed by atoms with Crippen molar-refractivity contribution in [3.8, 4) is 0 Å². The zero-order valence-corrected chi connectivity index (χ0v) is 12.2. The lowest BCUT2D eigenvalue weighted by atomic mass is 10.1. The van der Waals surface area contributed by atoms with Crippen LogP contribution in [0.15, 0.2) is 48.7 Å². The van der Waals surface area contributed by atoms with Gasteiger partial charge in [-0.05, 0) is 55.3 Å². The Balaban J connectivity index is 2.09. The van der Waals surface area contributed by atoms with Crippen LogP contribution in [-0.4, -0.2) is 4.98 Å². The molecule has 1 N–H and O–H groups in total. The molecule has 0 aliphatic carbocycles. The number of aryl methyl sites for hydroxylation is 1. The molecule has 2 nitrogen and oxygen atoms in total. The summed E-state index contributed by atoms with van der Waals surface area (Å²) in [6.45, 7) is 4.24. The van der Waals surface area contributed by atoms with Gasteiger partial charge in [0.05, 0.1) is 5.52 Å². The van der Waals surface area contributed by atoms with Crippen molar-refractivity contribution < 1.29 is 0 Å². The minimum Gasteiger partial charge on any atom is -0.355 e. The zero-order valence-electron chi connectivity index (χ0n) is 11.4. The third kappa shape index (κ3) is 2.35. The standard InChI is InChI=1S/C17H15ClN2/c1-11-4-3-5-15(12(11)2)20-16-8-9-19-17-10-13(18)6-7-14(16)17/h3-10H,1-2H3,(H,19,20). The first-order valence-electron chi connectivity index (χ1n) is 6.52. The average molecular weight is 283 g/mol. The molecule has 0 amide bonds. The summed E-state index contributed by atoms with van der Waals surface area (Å²) in [5, 5.41) is 5.26. The average Bonchev–Trinajstić information content (AvgIpc) is 2.44. The van der Waals surface area contributed by atoms with E-state index in [0.29, 0.717) is 5.02 Å². The van der Waals surface area contributed by atoms with Gasteiger partial charge in [-0.3, -0.25) is 4.98 Å². The van der Waals surface area contributed by atoms with Crippen LogP contribution in [0.5, 0.6) is 0 Å². The number of halogens is 1. The van der Waals surface area contributed by atoms with E-state index in [1.165, 1.54) is 11.1 Å². The highest BCUT2D eigenvalue weighted by molar-refractivity contribution is 6.31. The van der Waals surface area contributed by atoms with E-state index in [1.54, 1.807) is 6.20 Å². The fourth-order valence-electron chi connectivity index (χ4n) is 2.26. The summed E-state index contributed by atoms with van der Waals surface area (Å²) in [7, 11) is 0. The summed E-state index contributed by atoms with van der Waals surface area (Å²) in [6, 6.07) is 14.0. The lowest BCUT2D eigenvalue weighted by Crippen LogP contribution is -1.96. The van der Waals surface area contributed by atoms with Crippen LogP contribution >= 0.6 is 11.6 Å². The molecule has 3 aromatic rings. The van der Waals surface area contributed by atoms with Gasteiger partial charge >= 0.3 is 0 Å². The molecule has 0 aliphatic rings. The van der Waals surface area contributed by atoms with Crippen molar-refractivity contribution in [1.82, 2.24) is 4.98 Å². The highest BCUT2D eigenvalue weighted by Gasteiger charge is 2.05. The van der Waals surface area contributed by atoms with Gasteiger partial charge in [-0.25, -0.2) is 0 Å². The number of pyridine rings is 1. The van der Waals surface area contributed by atoms with Gasteiger partial charge in [0.15, 0.2) is 0 Å². The first kappa shape index (κ1) is 12.9. The van der Waals surface area contributed by atoms with Crippen molar-refractivity contribution in [1.29, 1.82) is 0 Å². The number of nitrogens with one attached hydrogen (secondary N) is 1. The zero-order chi connectivity index (χ0) is 14.1. The molecule has 20 heavy (non-hydrogen) atoms. The molecule has 0 saturated heterocycles. The van der Waals surface area contributed by atoms with E-state index in [0.717, 1.165) is 22.3 Å². The highest BCUT2D eigenvalue weighted by atomic mass is 35.5. The molecule has 0 saturated carbocycles. The van der Waals surface area contributed by atoms with Crippen LogP contribution in [0.4, 0.5) is 11.4 Å². The van der Waals surface area contributed by atoms with Crippen molar-refractivity contribution in [3.05, 3.63) is 64.8 Å². The second kappa shape index (κ2) is 5.14. The molecule has 3 heteroatoms. The minimum absolute atomic E-state index is 0.703. The Hall–Kier alpha value is -2.06. The number of benzene rings is 2. The number of fused-ring (bicyclic) bond motifs is 1. The first-order valence-corrected chi connectivity index (χ1v) is 6.90. The van der Waals surface area contributed by atoms with E-state index in [2.05, 4.69) is 42.3 Å². The topological polar surface area (TPSA) is 24.9 Å². The van der Waals surface area contributed by atoms with Crippen LogP contribution in [0, 0.1) is 13.8 Å². The van der Waals surface area contributed by atoms with Gasteiger partial charge < -0.3 is 5.32 Å². The van der Waals surface area contributed by atoms with Gasteiger partial charge in [-0.2, -0.15) is 0 Å². The predicted molar refractivity (Wildman–Crippen MR) is 86.0 cm³/mol.